The highest BCUT2D eigenvalue weighted by Gasteiger charge is 2.19. The minimum atomic E-state index is -1.81. The van der Waals surface area contributed by atoms with E-state index in [1.807, 2.05) is 0 Å². The molecule has 0 heterocycles. The first-order chi connectivity index (χ1) is 4.09. The van der Waals surface area contributed by atoms with Gasteiger partial charge in [-0.2, -0.15) is 0 Å². The van der Waals surface area contributed by atoms with Crippen molar-refractivity contribution in [1.29, 1.82) is 0 Å². The zero-order valence-electron chi connectivity index (χ0n) is 4.96. The van der Waals surface area contributed by atoms with Gasteiger partial charge in [0.15, 0.2) is 10.6 Å². The zero-order chi connectivity index (χ0) is 7.44. The summed E-state index contributed by atoms with van der Waals surface area (Å²) in [6.45, 7) is 0. The summed E-state index contributed by atoms with van der Waals surface area (Å²) in [6, 6.07) is 0. The van der Waals surface area contributed by atoms with Gasteiger partial charge in [0.1, 0.15) is 0 Å². The normalized spacial score (nSPS) is 12.4. The smallest absolute Gasteiger partial charge is 0.452 e. The van der Waals surface area contributed by atoms with E-state index in [1.165, 1.54) is 14.2 Å². The molecule has 0 aliphatic heterocycles. The van der Waals surface area contributed by atoms with Crippen LogP contribution in [-0.4, -0.2) is 29.1 Å². The predicted molar refractivity (Wildman–Crippen MR) is 34.2 cm³/mol. The van der Waals surface area contributed by atoms with Crippen LogP contribution >= 0.6 is 10.7 Å². The number of methoxy groups -OCH3 is 1. The summed E-state index contributed by atoms with van der Waals surface area (Å²) in [4.78, 5) is 10.4. The van der Waals surface area contributed by atoms with E-state index in [2.05, 4.69) is 4.74 Å². The molecule has 0 aromatic heterocycles. The lowest BCUT2D eigenvalue weighted by Crippen LogP contribution is -2.29. The lowest BCUT2D eigenvalue weighted by atomic mass is 11.1. The molecule has 4 nitrogen and oxygen atoms in total. The van der Waals surface area contributed by atoms with Crippen LogP contribution in [0.2, 0.25) is 0 Å². The maximum absolute atomic E-state index is 10.4. The van der Waals surface area contributed by atoms with Crippen LogP contribution in [0.3, 0.4) is 0 Å². The summed E-state index contributed by atoms with van der Waals surface area (Å²) in [7, 11) is 5.65. The molecule has 9 heavy (non-hydrogen) atoms. The van der Waals surface area contributed by atoms with Crippen LogP contribution in [0.15, 0.2) is 0 Å². The quantitative estimate of drug-likeness (QED) is 0.540. The van der Waals surface area contributed by atoms with Crippen LogP contribution < -0.4 is 0 Å². The Balaban J connectivity index is 3.72. The van der Waals surface area contributed by atoms with Gasteiger partial charge in [0.2, 0.25) is 10.7 Å². The first-order valence-corrected chi connectivity index (χ1v) is 3.92. The SMILES string of the molecule is COC(=O)N(C)[S+]([O-])Cl. The van der Waals surface area contributed by atoms with E-state index in [-0.39, 0.29) is 0 Å². The average molecular weight is 172 g/mol. The van der Waals surface area contributed by atoms with E-state index >= 15 is 0 Å². The summed E-state index contributed by atoms with van der Waals surface area (Å²) in [5.74, 6) is 0. The molecule has 54 valence electrons. The lowest BCUT2D eigenvalue weighted by Gasteiger charge is -2.10. The van der Waals surface area contributed by atoms with Crippen LogP contribution in [0.1, 0.15) is 0 Å². The Morgan fingerprint density at radius 3 is 2.44 bits per heavy atom. The van der Waals surface area contributed by atoms with Crippen molar-refractivity contribution in [1.82, 2.24) is 4.31 Å². The van der Waals surface area contributed by atoms with Gasteiger partial charge in [-0.3, -0.25) is 0 Å². The highest BCUT2D eigenvalue weighted by Crippen LogP contribution is 2.03. The van der Waals surface area contributed by atoms with E-state index in [0.717, 1.165) is 4.31 Å². The third-order valence-electron chi connectivity index (χ3n) is 0.647. The Kier molecular flexibility index (Phi) is 3.76. The lowest BCUT2D eigenvalue weighted by molar-refractivity contribution is 0.155. The Labute approximate surface area is 60.5 Å². The number of carbonyl (C=O) groups excluding carboxylic acids is 1. The Bertz CT molecular complexity index is 109. The second kappa shape index (κ2) is 3.81. The third-order valence-corrected chi connectivity index (χ3v) is 1.85. The molecule has 1 atom stereocenters. The Hall–Kier alpha value is -0.130. The van der Waals surface area contributed by atoms with Crippen molar-refractivity contribution >= 4 is 27.4 Å². The van der Waals surface area contributed by atoms with Gasteiger partial charge in [-0.25, -0.2) is 4.79 Å². The third kappa shape index (κ3) is 2.78. The standard InChI is InChI=1S/C3H6ClNO3S/c1-5(9(4)7)3(6)8-2/h1-2H3. The molecule has 0 saturated carbocycles. The summed E-state index contributed by atoms with van der Waals surface area (Å²) in [5.41, 5.74) is 0. The minimum Gasteiger partial charge on any atom is -0.575 e. The molecular weight excluding hydrogens is 166 g/mol. The Morgan fingerprint density at radius 2 is 2.33 bits per heavy atom. The molecule has 0 aromatic carbocycles. The molecule has 1 amide bonds. The molecule has 0 saturated heterocycles. The largest absolute Gasteiger partial charge is 0.575 e. The fourth-order valence-electron chi connectivity index (χ4n) is 0.187. The maximum atomic E-state index is 10.4. The fraction of sp³-hybridized carbons (Fsp3) is 0.667. The van der Waals surface area contributed by atoms with Gasteiger partial charge < -0.3 is 9.29 Å². The minimum absolute atomic E-state index is 0.719. The van der Waals surface area contributed by atoms with Gasteiger partial charge >= 0.3 is 6.09 Å². The number of nitrogens with zero attached hydrogens (tertiary/aromatic N) is 1. The molecule has 1 unspecified atom stereocenters. The molecule has 0 bridgehead atoms. The first-order valence-electron chi connectivity index (χ1n) is 1.99. The predicted octanol–water partition coefficient (Wildman–Crippen LogP) is 0.502. The van der Waals surface area contributed by atoms with Crippen molar-refractivity contribution in [2.45, 2.75) is 0 Å². The van der Waals surface area contributed by atoms with Gasteiger partial charge in [-0.1, -0.05) is 0 Å². The van der Waals surface area contributed by atoms with Gasteiger partial charge in [0, 0.05) is 0 Å². The molecule has 0 aliphatic carbocycles. The van der Waals surface area contributed by atoms with Crippen LogP contribution in [0.5, 0.6) is 0 Å². The van der Waals surface area contributed by atoms with Crippen molar-refractivity contribution in [3.8, 4) is 0 Å². The molecule has 0 aliphatic rings. The first kappa shape index (κ1) is 8.87. The molecule has 0 rings (SSSR count). The number of rotatable bonds is 1. The molecule has 6 heteroatoms. The number of ether oxygens (including phenoxy) is 1. The number of carbonyl (C=O) groups is 1. The van der Waals surface area contributed by atoms with Gasteiger partial charge in [-0.05, 0) is 0 Å². The van der Waals surface area contributed by atoms with Crippen molar-refractivity contribution in [2.75, 3.05) is 14.2 Å². The van der Waals surface area contributed by atoms with E-state index < -0.39 is 16.7 Å². The van der Waals surface area contributed by atoms with Gasteiger partial charge in [-0.15, -0.1) is 4.31 Å². The molecule has 0 radical (unpaired) electrons. The van der Waals surface area contributed by atoms with Gasteiger partial charge in [0.05, 0.1) is 14.2 Å². The highest BCUT2D eigenvalue weighted by atomic mass is 35.7. The second-order valence-corrected chi connectivity index (χ2v) is 2.93. The van der Waals surface area contributed by atoms with E-state index in [0.29, 0.717) is 0 Å². The Morgan fingerprint density at radius 1 is 1.89 bits per heavy atom. The van der Waals surface area contributed by atoms with Crippen molar-refractivity contribution in [3.63, 3.8) is 0 Å². The van der Waals surface area contributed by atoms with Crippen LogP contribution in [0.4, 0.5) is 4.79 Å². The molecule has 0 aromatic rings. The van der Waals surface area contributed by atoms with Crippen LogP contribution in [-0.2, 0) is 15.3 Å². The number of amides is 1. The summed E-state index contributed by atoms with van der Waals surface area (Å²) in [6.07, 6.45) is -0.719. The van der Waals surface area contributed by atoms with Crippen molar-refractivity contribution in [3.05, 3.63) is 0 Å². The number of hydrogen-bond acceptors (Lipinski definition) is 3. The zero-order valence-corrected chi connectivity index (χ0v) is 6.53. The van der Waals surface area contributed by atoms with E-state index in [1.54, 1.807) is 0 Å². The molecular formula is C3H6ClNO3S. The van der Waals surface area contributed by atoms with E-state index in [9.17, 15) is 9.35 Å². The number of halogens is 1. The topological polar surface area (TPSA) is 52.6 Å². The molecule has 0 N–H and O–H groups in total. The van der Waals surface area contributed by atoms with Crippen molar-refractivity contribution in [2.24, 2.45) is 0 Å². The van der Waals surface area contributed by atoms with Crippen LogP contribution in [0.25, 0.3) is 0 Å². The van der Waals surface area contributed by atoms with Gasteiger partial charge in [0.25, 0.3) is 0 Å². The summed E-state index contributed by atoms with van der Waals surface area (Å²) in [5, 5.41) is 0. The van der Waals surface area contributed by atoms with Crippen LogP contribution in [0, 0.1) is 0 Å². The number of hydrogen-bond donors (Lipinski definition) is 0. The molecule has 0 spiro atoms. The highest BCUT2D eigenvalue weighted by molar-refractivity contribution is 8.12. The fourth-order valence-corrected chi connectivity index (χ4v) is 0.548. The summed E-state index contributed by atoms with van der Waals surface area (Å²) < 4.78 is 15.2. The van der Waals surface area contributed by atoms with Crippen molar-refractivity contribution < 1.29 is 14.1 Å². The summed E-state index contributed by atoms with van der Waals surface area (Å²) >= 11 is 0. The maximum Gasteiger partial charge on any atom is 0.452 e. The second-order valence-electron chi connectivity index (χ2n) is 1.17. The average Bonchev–Trinajstić information content (AvgIpc) is 1.84. The van der Waals surface area contributed by atoms with E-state index in [4.69, 9.17) is 10.7 Å². The monoisotopic (exact) mass is 171 g/mol. The molecule has 0 fully saturated rings.